The van der Waals surface area contributed by atoms with Gasteiger partial charge in [0.2, 0.25) is 0 Å². The number of unbranched alkanes of at least 4 members (excludes halogenated alkanes) is 2. The van der Waals surface area contributed by atoms with E-state index in [0.29, 0.717) is 12.8 Å². The fourth-order valence-corrected chi connectivity index (χ4v) is 4.47. The van der Waals surface area contributed by atoms with E-state index in [1.165, 1.54) is 45.0 Å². The lowest BCUT2D eigenvalue weighted by molar-refractivity contribution is -0.194. The van der Waals surface area contributed by atoms with E-state index in [1.807, 2.05) is 0 Å². The Labute approximate surface area is 222 Å². The van der Waals surface area contributed by atoms with Gasteiger partial charge < -0.3 is 9.29 Å². The molecule has 0 saturated carbocycles. The zero-order valence-corrected chi connectivity index (χ0v) is 22.6. The van der Waals surface area contributed by atoms with Gasteiger partial charge in [0.05, 0.1) is 6.61 Å². The number of carbonyl (C=O) groups excluding carboxylic acids is 1. The number of hydrogen-bond donors (Lipinski definition) is 1. The van der Waals surface area contributed by atoms with Gasteiger partial charge in [-0.3, -0.25) is 4.79 Å². The Balaban J connectivity index is 2.30. The van der Waals surface area contributed by atoms with E-state index in [4.69, 9.17) is 4.74 Å². The van der Waals surface area contributed by atoms with E-state index in [9.17, 15) is 35.7 Å². The Hall–Kier alpha value is -2.24. The van der Waals surface area contributed by atoms with Crippen molar-refractivity contribution >= 4 is 17.1 Å². The summed E-state index contributed by atoms with van der Waals surface area (Å²) in [5.41, 5.74) is -2.34. The predicted octanol–water partition coefficient (Wildman–Crippen LogP) is 7.58. The van der Waals surface area contributed by atoms with Gasteiger partial charge in [0.25, 0.3) is 0 Å². The molecule has 0 heterocycles. The number of hydrogen-bond acceptors (Lipinski definition) is 4. The molecule has 0 aromatic heterocycles. The number of ether oxygens (including phenoxy) is 1. The van der Waals surface area contributed by atoms with Crippen molar-refractivity contribution in [3.05, 3.63) is 65.2 Å². The molecule has 0 spiro atoms. The highest BCUT2D eigenvalue weighted by atomic mass is 32.2. The average molecular weight is 566 g/mol. The van der Waals surface area contributed by atoms with Gasteiger partial charge in [-0.25, -0.2) is 0 Å². The van der Waals surface area contributed by atoms with Gasteiger partial charge in [0, 0.05) is 29.8 Å². The van der Waals surface area contributed by atoms with Gasteiger partial charge in [-0.15, -0.1) is 4.72 Å². The van der Waals surface area contributed by atoms with Gasteiger partial charge in [-0.05, 0) is 64.7 Å². The normalized spacial score (nSPS) is 15.1. The lowest BCUT2D eigenvalue weighted by atomic mass is 9.83. The third-order valence-corrected chi connectivity index (χ3v) is 7.47. The standard InChI is InChI=1S/C27H33F6NO3S/c1-19-8-10-20(11-9-19)23(35)18-25(27(31,32)33,34-38(36)24(2,3)4)21-12-14-22(15-13-21)37-17-7-5-6-16-26(28,29)30/h8-15,34H,5-7,16-18H2,1-4H3/t25?,38-/m0/s1. The Morgan fingerprint density at radius 2 is 1.47 bits per heavy atom. The zero-order valence-electron chi connectivity index (χ0n) is 21.8. The molecule has 0 saturated heterocycles. The zero-order chi connectivity index (χ0) is 28.8. The molecule has 0 fully saturated rings. The summed E-state index contributed by atoms with van der Waals surface area (Å²) in [6.07, 6.45) is -10.5. The number of benzene rings is 2. The fourth-order valence-electron chi connectivity index (χ4n) is 3.54. The molecule has 0 aliphatic heterocycles. The van der Waals surface area contributed by atoms with Crippen molar-refractivity contribution < 1.29 is 40.4 Å². The lowest BCUT2D eigenvalue weighted by Crippen LogP contribution is -2.59. The molecule has 1 unspecified atom stereocenters. The quantitative estimate of drug-likeness (QED) is 0.125. The molecule has 1 N–H and O–H groups in total. The molecule has 0 aliphatic carbocycles. The molecule has 38 heavy (non-hydrogen) atoms. The van der Waals surface area contributed by atoms with E-state index in [0.717, 1.165) is 17.7 Å². The number of ketones is 1. The first-order chi connectivity index (χ1) is 17.4. The van der Waals surface area contributed by atoms with Gasteiger partial charge in [-0.1, -0.05) is 42.0 Å². The topological polar surface area (TPSA) is 61.4 Å². The van der Waals surface area contributed by atoms with Gasteiger partial charge in [-0.2, -0.15) is 26.3 Å². The number of aryl methyl sites for hydroxylation is 1. The van der Waals surface area contributed by atoms with Crippen LogP contribution in [0.25, 0.3) is 0 Å². The second-order valence-electron chi connectivity index (χ2n) is 10.2. The third-order valence-electron chi connectivity index (χ3n) is 5.83. The van der Waals surface area contributed by atoms with E-state index in [2.05, 4.69) is 4.72 Å². The maximum Gasteiger partial charge on any atom is 0.415 e. The number of Topliss-reactive ketones (excluding diaryl/α,β-unsaturated/α-hetero) is 1. The Kier molecular flexibility index (Phi) is 10.7. The molecule has 0 amide bonds. The maximum atomic E-state index is 14.8. The summed E-state index contributed by atoms with van der Waals surface area (Å²) in [6, 6.07) is 11.0. The number of rotatable bonds is 12. The molecule has 0 aliphatic rings. The first-order valence-electron chi connectivity index (χ1n) is 12.1. The minimum Gasteiger partial charge on any atom is -0.598 e. The lowest BCUT2D eigenvalue weighted by Gasteiger charge is -2.38. The monoisotopic (exact) mass is 565 g/mol. The van der Waals surface area contributed by atoms with Gasteiger partial charge in [0.15, 0.2) is 11.3 Å². The summed E-state index contributed by atoms with van der Waals surface area (Å²) in [5, 5.41) is 0. The van der Waals surface area contributed by atoms with E-state index in [-0.39, 0.29) is 29.9 Å². The van der Waals surface area contributed by atoms with Crippen LogP contribution in [-0.4, -0.2) is 34.0 Å². The molecule has 2 aromatic rings. The molecule has 2 aromatic carbocycles. The minimum absolute atomic E-state index is 0.0362. The summed E-state index contributed by atoms with van der Waals surface area (Å²) in [4.78, 5) is 13.0. The molecule has 2 rings (SSSR count). The average Bonchev–Trinajstić information content (AvgIpc) is 2.79. The fraction of sp³-hybridized carbons (Fsp3) is 0.519. The number of alkyl halides is 6. The number of halogens is 6. The summed E-state index contributed by atoms with van der Waals surface area (Å²) in [6.45, 7) is 6.44. The van der Waals surface area contributed by atoms with Crippen LogP contribution in [0.4, 0.5) is 26.3 Å². The summed E-state index contributed by atoms with van der Waals surface area (Å²) >= 11 is -2.18. The second-order valence-corrected chi connectivity index (χ2v) is 12.1. The first-order valence-corrected chi connectivity index (χ1v) is 13.3. The molecular weight excluding hydrogens is 532 g/mol. The van der Waals surface area contributed by atoms with Crippen molar-refractivity contribution in [1.82, 2.24) is 4.72 Å². The van der Waals surface area contributed by atoms with Gasteiger partial charge >= 0.3 is 12.4 Å². The largest absolute Gasteiger partial charge is 0.598 e. The van der Waals surface area contributed by atoms with Crippen LogP contribution in [0.2, 0.25) is 0 Å². The summed E-state index contributed by atoms with van der Waals surface area (Å²) in [5.74, 6) is -0.553. The smallest absolute Gasteiger partial charge is 0.415 e. The molecule has 212 valence electrons. The number of nitrogens with one attached hydrogen (secondary N) is 1. The molecule has 4 nitrogen and oxygen atoms in total. The van der Waals surface area contributed by atoms with Crippen molar-refractivity contribution in [2.24, 2.45) is 0 Å². The van der Waals surface area contributed by atoms with Crippen molar-refractivity contribution in [1.29, 1.82) is 0 Å². The van der Waals surface area contributed by atoms with Crippen LogP contribution in [0.5, 0.6) is 5.75 Å². The Bertz CT molecular complexity index is 1030. The van der Waals surface area contributed by atoms with Crippen molar-refractivity contribution in [3.63, 3.8) is 0 Å². The molecular formula is C27H33F6NO3S. The maximum absolute atomic E-state index is 14.8. The van der Waals surface area contributed by atoms with Crippen LogP contribution < -0.4 is 9.46 Å². The van der Waals surface area contributed by atoms with Crippen molar-refractivity contribution in [3.8, 4) is 5.75 Å². The van der Waals surface area contributed by atoms with Crippen LogP contribution in [0, 0.1) is 6.92 Å². The van der Waals surface area contributed by atoms with Crippen LogP contribution in [-0.2, 0) is 16.9 Å². The van der Waals surface area contributed by atoms with Crippen LogP contribution in [0.3, 0.4) is 0 Å². The second kappa shape index (κ2) is 12.7. The molecule has 11 heteroatoms. The Morgan fingerprint density at radius 3 is 1.97 bits per heavy atom. The van der Waals surface area contributed by atoms with Crippen LogP contribution in [0.15, 0.2) is 48.5 Å². The first kappa shape index (κ1) is 32.0. The summed E-state index contributed by atoms with van der Waals surface area (Å²) < 4.78 is 101. The minimum atomic E-state index is -5.00. The SMILES string of the molecule is Cc1ccc(C(=O)CC(N[S@@+]([O-])C(C)(C)C)(c2ccc(OCCCCCC(F)(F)F)cc2)C(F)(F)F)cc1. The van der Waals surface area contributed by atoms with Crippen molar-refractivity contribution in [2.75, 3.05) is 6.61 Å². The summed E-state index contributed by atoms with van der Waals surface area (Å²) in [7, 11) is 0. The molecule has 2 atom stereocenters. The van der Waals surface area contributed by atoms with Crippen LogP contribution >= 0.6 is 0 Å². The van der Waals surface area contributed by atoms with E-state index in [1.54, 1.807) is 19.1 Å². The Morgan fingerprint density at radius 1 is 0.895 bits per heavy atom. The highest BCUT2D eigenvalue weighted by molar-refractivity contribution is 7.90. The highest BCUT2D eigenvalue weighted by Gasteiger charge is 2.60. The predicted molar refractivity (Wildman–Crippen MR) is 135 cm³/mol. The molecule has 0 bridgehead atoms. The van der Waals surface area contributed by atoms with E-state index < -0.39 is 52.6 Å². The van der Waals surface area contributed by atoms with E-state index >= 15 is 0 Å². The number of carbonyl (C=O) groups is 1. The van der Waals surface area contributed by atoms with Crippen molar-refractivity contribution in [2.45, 2.75) is 82.4 Å². The third kappa shape index (κ3) is 9.20. The van der Waals surface area contributed by atoms with Crippen LogP contribution in [0.1, 0.15) is 74.4 Å². The highest BCUT2D eigenvalue weighted by Crippen LogP contribution is 2.44. The van der Waals surface area contributed by atoms with Gasteiger partial charge in [0.1, 0.15) is 10.5 Å². The molecule has 0 radical (unpaired) electrons.